The Labute approximate surface area is 137 Å². The van der Waals surface area contributed by atoms with Gasteiger partial charge in [0.05, 0.1) is 4.90 Å². The number of hydrogen-bond acceptors (Lipinski definition) is 3. The molecule has 0 aliphatic rings. The van der Waals surface area contributed by atoms with E-state index < -0.39 is 10.0 Å². The van der Waals surface area contributed by atoms with Crippen molar-refractivity contribution in [3.63, 3.8) is 0 Å². The second-order valence-corrected chi connectivity index (χ2v) is 6.92. The van der Waals surface area contributed by atoms with Crippen molar-refractivity contribution in [2.45, 2.75) is 4.90 Å². The van der Waals surface area contributed by atoms with E-state index in [2.05, 4.69) is 21.2 Å². The summed E-state index contributed by atoms with van der Waals surface area (Å²) in [7, 11) is -3.73. The van der Waals surface area contributed by atoms with Gasteiger partial charge >= 0.3 is 0 Å². The number of sulfonamides is 1. The molecular formula is C15H13BrN2O3S. The van der Waals surface area contributed by atoms with Gasteiger partial charge in [0, 0.05) is 16.2 Å². The molecule has 3 N–H and O–H groups in total. The van der Waals surface area contributed by atoms with Crippen LogP contribution in [0.15, 0.2) is 64.0 Å². The predicted molar refractivity (Wildman–Crippen MR) is 89.6 cm³/mol. The number of nitrogens with one attached hydrogen (secondary N) is 1. The summed E-state index contributed by atoms with van der Waals surface area (Å²) in [5, 5.41) is 7.63. The lowest BCUT2D eigenvalue weighted by Gasteiger charge is -2.03. The van der Waals surface area contributed by atoms with Crippen LogP contribution in [0, 0.1) is 0 Å². The molecule has 0 fully saturated rings. The topological polar surface area (TPSA) is 89.3 Å². The third-order valence-electron chi connectivity index (χ3n) is 2.75. The molecule has 2 aromatic rings. The zero-order valence-electron chi connectivity index (χ0n) is 11.4. The van der Waals surface area contributed by atoms with Gasteiger partial charge < -0.3 is 5.32 Å². The van der Waals surface area contributed by atoms with E-state index in [1.54, 1.807) is 6.08 Å². The fraction of sp³-hybridized carbons (Fsp3) is 0. The molecule has 0 atom stereocenters. The number of halogens is 1. The molecule has 1 amide bonds. The van der Waals surface area contributed by atoms with Gasteiger partial charge in [-0.05, 0) is 48.0 Å². The van der Waals surface area contributed by atoms with Crippen molar-refractivity contribution in [1.29, 1.82) is 0 Å². The summed E-state index contributed by atoms with van der Waals surface area (Å²) in [5.41, 5.74) is 1.38. The Balaban J connectivity index is 2.01. The standard InChI is InChI=1S/C15H13BrN2O3S/c16-12-4-1-11(2-5-12)3-10-15(19)18-13-6-8-14(9-7-13)22(17,20)21/h1-10H,(H,18,19)(H2,17,20,21). The highest BCUT2D eigenvalue weighted by Gasteiger charge is 2.07. The Hall–Kier alpha value is -1.96. The van der Waals surface area contributed by atoms with Gasteiger partial charge in [-0.1, -0.05) is 28.1 Å². The Morgan fingerprint density at radius 3 is 2.18 bits per heavy atom. The smallest absolute Gasteiger partial charge is 0.248 e. The zero-order chi connectivity index (χ0) is 16.2. The first-order valence-corrected chi connectivity index (χ1v) is 8.56. The van der Waals surface area contributed by atoms with Crippen LogP contribution in [0.4, 0.5) is 5.69 Å². The van der Waals surface area contributed by atoms with E-state index in [-0.39, 0.29) is 10.8 Å². The molecule has 7 heteroatoms. The summed E-state index contributed by atoms with van der Waals surface area (Å²) < 4.78 is 23.2. The van der Waals surface area contributed by atoms with Crippen LogP contribution in [0.3, 0.4) is 0 Å². The molecule has 0 aromatic heterocycles. The van der Waals surface area contributed by atoms with Gasteiger partial charge in [-0.15, -0.1) is 0 Å². The minimum Gasteiger partial charge on any atom is -0.323 e. The quantitative estimate of drug-likeness (QED) is 0.799. The monoisotopic (exact) mass is 380 g/mol. The van der Waals surface area contributed by atoms with Crippen molar-refractivity contribution >= 4 is 43.6 Å². The fourth-order valence-electron chi connectivity index (χ4n) is 1.66. The van der Waals surface area contributed by atoms with E-state index in [0.717, 1.165) is 10.0 Å². The number of hydrogen-bond donors (Lipinski definition) is 2. The Bertz CT molecular complexity index is 798. The molecule has 0 radical (unpaired) electrons. The number of anilines is 1. The summed E-state index contributed by atoms with van der Waals surface area (Å²) in [5.74, 6) is -0.314. The molecule has 0 saturated carbocycles. The number of carbonyl (C=O) groups excluding carboxylic acids is 1. The van der Waals surface area contributed by atoms with Gasteiger partial charge in [0.25, 0.3) is 0 Å². The Kier molecular flexibility index (Phi) is 5.12. The molecular weight excluding hydrogens is 368 g/mol. The lowest BCUT2D eigenvalue weighted by Crippen LogP contribution is -2.12. The van der Waals surface area contributed by atoms with Crippen LogP contribution in [-0.2, 0) is 14.8 Å². The zero-order valence-corrected chi connectivity index (χ0v) is 13.8. The van der Waals surface area contributed by atoms with Crippen molar-refractivity contribution in [1.82, 2.24) is 0 Å². The highest BCUT2D eigenvalue weighted by molar-refractivity contribution is 9.10. The molecule has 0 saturated heterocycles. The molecule has 114 valence electrons. The maximum Gasteiger partial charge on any atom is 0.248 e. The average Bonchev–Trinajstić information content (AvgIpc) is 2.46. The number of carbonyl (C=O) groups is 1. The highest BCUT2D eigenvalue weighted by Crippen LogP contribution is 2.14. The summed E-state index contributed by atoms with van der Waals surface area (Å²) in [4.78, 5) is 11.8. The van der Waals surface area contributed by atoms with E-state index in [1.807, 2.05) is 24.3 Å². The summed E-state index contributed by atoms with van der Waals surface area (Å²) in [6.45, 7) is 0. The lowest BCUT2D eigenvalue weighted by molar-refractivity contribution is -0.111. The lowest BCUT2D eigenvalue weighted by atomic mass is 10.2. The van der Waals surface area contributed by atoms with Gasteiger partial charge in [0.1, 0.15) is 0 Å². The van der Waals surface area contributed by atoms with Gasteiger partial charge in [-0.2, -0.15) is 0 Å². The third-order valence-corrected chi connectivity index (χ3v) is 4.21. The molecule has 22 heavy (non-hydrogen) atoms. The first-order valence-electron chi connectivity index (χ1n) is 6.22. The molecule has 0 bridgehead atoms. The SMILES string of the molecule is NS(=O)(=O)c1ccc(NC(=O)C=Cc2ccc(Br)cc2)cc1. The first-order chi connectivity index (χ1) is 10.3. The number of amides is 1. The number of primary sulfonamides is 1. The van der Waals surface area contributed by atoms with Crippen molar-refractivity contribution in [3.8, 4) is 0 Å². The molecule has 2 rings (SSSR count). The fourth-order valence-corrected chi connectivity index (χ4v) is 2.44. The Morgan fingerprint density at radius 1 is 1.05 bits per heavy atom. The summed E-state index contributed by atoms with van der Waals surface area (Å²) in [6.07, 6.45) is 3.08. The largest absolute Gasteiger partial charge is 0.323 e. The van der Waals surface area contributed by atoms with E-state index in [0.29, 0.717) is 5.69 Å². The maximum atomic E-state index is 11.8. The molecule has 0 heterocycles. The minimum absolute atomic E-state index is 0.00379. The predicted octanol–water partition coefficient (Wildman–Crippen LogP) is 2.75. The van der Waals surface area contributed by atoms with Crippen LogP contribution in [0.1, 0.15) is 5.56 Å². The normalized spacial score (nSPS) is 11.5. The van der Waals surface area contributed by atoms with E-state index in [9.17, 15) is 13.2 Å². The van der Waals surface area contributed by atoms with Crippen molar-refractivity contribution in [2.75, 3.05) is 5.32 Å². The third kappa shape index (κ3) is 4.80. The molecule has 0 spiro atoms. The van der Waals surface area contributed by atoms with Gasteiger partial charge in [-0.3, -0.25) is 4.79 Å². The second kappa shape index (κ2) is 6.87. The average molecular weight is 381 g/mol. The Morgan fingerprint density at radius 2 is 1.64 bits per heavy atom. The van der Waals surface area contributed by atoms with Crippen LogP contribution >= 0.6 is 15.9 Å². The van der Waals surface area contributed by atoms with E-state index in [1.165, 1.54) is 30.3 Å². The second-order valence-electron chi connectivity index (χ2n) is 4.44. The van der Waals surface area contributed by atoms with Crippen LogP contribution in [0.2, 0.25) is 0 Å². The molecule has 0 aliphatic carbocycles. The number of rotatable bonds is 4. The summed E-state index contributed by atoms with van der Waals surface area (Å²) in [6, 6.07) is 13.1. The highest BCUT2D eigenvalue weighted by atomic mass is 79.9. The maximum absolute atomic E-state index is 11.8. The molecule has 5 nitrogen and oxygen atoms in total. The van der Waals surface area contributed by atoms with E-state index >= 15 is 0 Å². The number of benzene rings is 2. The van der Waals surface area contributed by atoms with E-state index in [4.69, 9.17) is 5.14 Å². The van der Waals surface area contributed by atoms with Gasteiger partial charge in [-0.25, -0.2) is 13.6 Å². The molecule has 2 aromatic carbocycles. The first kappa shape index (κ1) is 16.4. The van der Waals surface area contributed by atoms with Crippen molar-refractivity contribution < 1.29 is 13.2 Å². The van der Waals surface area contributed by atoms with Crippen molar-refractivity contribution in [2.24, 2.45) is 5.14 Å². The van der Waals surface area contributed by atoms with Crippen LogP contribution in [0.5, 0.6) is 0 Å². The molecule has 0 aliphatic heterocycles. The number of nitrogens with two attached hydrogens (primary N) is 1. The van der Waals surface area contributed by atoms with Crippen LogP contribution < -0.4 is 10.5 Å². The summed E-state index contributed by atoms with van der Waals surface area (Å²) >= 11 is 3.33. The van der Waals surface area contributed by atoms with Crippen LogP contribution in [-0.4, -0.2) is 14.3 Å². The van der Waals surface area contributed by atoms with Gasteiger partial charge in [0.15, 0.2) is 0 Å². The van der Waals surface area contributed by atoms with Crippen molar-refractivity contribution in [3.05, 3.63) is 64.6 Å². The van der Waals surface area contributed by atoms with Gasteiger partial charge in [0.2, 0.25) is 15.9 Å². The van der Waals surface area contributed by atoms with Crippen LogP contribution in [0.25, 0.3) is 6.08 Å². The minimum atomic E-state index is -3.73. The molecule has 0 unspecified atom stereocenters.